The number of carbonyl (C=O) groups is 1. The predicted molar refractivity (Wildman–Crippen MR) is 99.9 cm³/mol. The van der Waals surface area contributed by atoms with Crippen LogP contribution in [0.2, 0.25) is 0 Å². The Hall–Kier alpha value is -2.60. The van der Waals surface area contributed by atoms with Crippen molar-refractivity contribution in [1.82, 2.24) is 10.2 Å². The third kappa shape index (κ3) is 4.52. The lowest BCUT2D eigenvalue weighted by atomic mass is 10.2. The van der Waals surface area contributed by atoms with Crippen molar-refractivity contribution in [3.05, 3.63) is 59.9 Å². The summed E-state index contributed by atoms with van der Waals surface area (Å²) >= 11 is 0. The largest absolute Gasteiger partial charge is 0.497 e. The monoisotopic (exact) mass is 357 g/mol. The van der Waals surface area contributed by atoms with Gasteiger partial charge in [-0.3, -0.25) is 4.79 Å². The average molecular weight is 357 g/mol. The smallest absolute Gasteiger partial charge is 0.236 e. The van der Waals surface area contributed by atoms with E-state index in [0.717, 1.165) is 11.3 Å². The third-order valence-corrected chi connectivity index (χ3v) is 4.59. The highest BCUT2D eigenvalue weighted by Crippen LogP contribution is 2.20. The SMILES string of the molecule is COc1ccc(CNCC(=O)N2CCN(c3ccccc3F)CC2)cc1. The molecule has 0 unspecified atom stereocenters. The fourth-order valence-electron chi connectivity index (χ4n) is 3.07. The van der Waals surface area contributed by atoms with Crippen molar-refractivity contribution in [2.45, 2.75) is 6.54 Å². The van der Waals surface area contributed by atoms with E-state index < -0.39 is 0 Å². The molecular weight excluding hydrogens is 333 g/mol. The fourth-order valence-corrected chi connectivity index (χ4v) is 3.07. The molecular formula is C20H24FN3O2. The number of halogens is 1. The molecule has 1 aliphatic heterocycles. The van der Waals surface area contributed by atoms with Crippen LogP contribution < -0.4 is 15.0 Å². The molecule has 5 nitrogen and oxygen atoms in total. The number of hydrogen-bond acceptors (Lipinski definition) is 4. The molecule has 1 heterocycles. The normalized spacial score (nSPS) is 14.4. The van der Waals surface area contributed by atoms with E-state index in [1.807, 2.05) is 40.1 Å². The molecule has 26 heavy (non-hydrogen) atoms. The van der Waals surface area contributed by atoms with Gasteiger partial charge in [-0.05, 0) is 29.8 Å². The van der Waals surface area contributed by atoms with Gasteiger partial charge in [0.25, 0.3) is 0 Å². The lowest BCUT2D eigenvalue weighted by Gasteiger charge is -2.36. The van der Waals surface area contributed by atoms with E-state index in [9.17, 15) is 9.18 Å². The van der Waals surface area contributed by atoms with Crippen molar-refractivity contribution < 1.29 is 13.9 Å². The number of amides is 1. The molecule has 0 radical (unpaired) electrons. The maximum atomic E-state index is 13.9. The molecule has 0 spiro atoms. The Morgan fingerprint density at radius 1 is 1.08 bits per heavy atom. The quantitative estimate of drug-likeness (QED) is 0.862. The van der Waals surface area contributed by atoms with Crippen molar-refractivity contribution in [3.8, 4) is 5.75 Å². The second kappa shape index (κ2) is 8.67. The summed E-state index contributed by atoms with van der Waals surface area (Å²) in [7, 11) is 1.64. The minimum atomic E-state index is -0.214. The van der Waals surface area contributed by atoms with Crippen molar-refractivity contribution in [1.29, 1.82) is 0 Å². The average Bonchev–Trinajstić information content (AvgIpc) is 2.69. The highest BCUT2D eigenvalue weighted by Gasteiger charge is 2.22. The predicted octanol–water partition coefficient (Wildman–Crippen LogP) is 2.27. The van der Waals surface area contributed by atoms with Gasteiger partial charge in [0.2, 0.25) is 5.91 Å². The van der Waals surface area contributed by atoms with Crippen molar-refractivity contribution in [2.24, 2.45) is 0 Å². The Balaban J connectivity index is 1.43. The lowest BCUT2D eigenvalue weighted by Crippen LogP contribution is -2.51. The summed E-state index contributed by atoms with van der Waals surface area (Å²) in [6.45, 7) is 3.43. The van der Waals surface area contributed by atoms with Crippen LogP contribution in [-0.4, -0.2) is 50.6 Å². The Bertz CT molecular complexity index is 728. The molecule has 0 atom stereocenters. The number of anilines is 1. The number of para-hydroxylation sites is 1. The second-order valence-corrected chi connectivity index (χ2v) is 6.27. The van der Waals surface area contributed by atoms with Gasteiger partial charge in [0, 0.05) is 32.7 Å². The summed E-state index contributed by atoms with van der Waals surface area (Å²) in [5, 5.41) is 3.18. The van der Waals surface area contributed by atoms with Gasteiger partial charge >= 0.3 is 0 Å². The zero-order valence-electron chi connectivity index (χ0n) is 15.0. The third-order valence-electron chi connectivity index (χ3n) is 4.59. The first-order chi connectivity index (χ1) is 12.7. The minimum Gasteiger partial charge on any atom is -0.497 e. The van der Waals surface area contributed by atoms with Crippen molar-refractivity contribution >= 4 is 11.6 Å². The topological polar surface area (TPSA) is 44.8 Å². The van der Waals surface area contributed by atoms with Crippen LogP contribution >= 0.6 is 0 Å². The second-order valence-electron chi connectivity index (χ2n) is 6.27. The number of benzene rings is 2. The molecule has 2 aromatic carbocycles. The van der Waals surface area contributed by atoms with E-state index in [1.54, 1.807) is 19.2 Å². The molecule has 0 bridgehead atoms. The number of nitrogens with zero attached hydrogens (tertiary/aromatic N) is 2. The van der Waals surface area contributed by atoms with E-state index in [2.05, 4.69) is 5.32 Å². The summed E-state index contributed by atoms with van der Waals surface area (Å²) in [6, 6.07) is 14.5. The maximum absolute atomic E-state index is 13.9. The molecule has 0 saturated carbocycles. The first kappa shape index (κ1) is 18.2. The number of hydrogen-bond donors (Lipinski definition) is 1. The number of methoxy groups -OCH3 is 1. The summed E-state index contributed by atoms with van der Waals surface area (Å²) < 4.78 is 19.0. The molecule has 1 N–H and O–H groups in total. The molecule has 1 amide bonds. The van der Waals surface area contributed by atoms with Gasteiger partial charge in [-0.25, -0.2) is 4.39 Å². The van der Waals surface area contributed by atoms with Gasteiger partial charge in [-0.2, -0.15) is 0 Å². The molecule has 0 aromatic heterocycles. The minimum absolute atomic E-state index is 0.0756. The molecule has 0 aliphatic carbocycles. The van der Waals surface area contributed by atoms with Crippen molar-refractivity contribution in [2.75, 3.05) is 44.7 Å². The van der Waals surface area contributed by atoms with Gasteiger partial charge in [0.15, 0.2) is 0 Å². The summed E-state index contributed by atoms with van der Waals surface area (Å²) in [6.07, 6.45) is 0. The molecule has 1 fully saturated rings. The van der Waals surface area contributed by atoms with E-state index in [-0.39, 0.29) is 11.7 Å². The van der Waals surface area contributed by atoms with Crippen LogP contribution in [-0.2, 0) is 11.3 Å². The van der Waals surface area contributed by atoms with Gasteiger partial charge in [0.1, 0.15) is 11.6 Å². The van der Waals surface area contributed by atoms with Gasteiger partial charge in [-0.15, -0.1) is 0 Å². The van der Waals surface area contributed by atoms with E-state index in [0.29, 0.717) is 45.0 Å². The van der Waals surface area contributed by atoms with Crippen LogP contribution in [0.15, 0.2) is 48.5 Å². The van der Waals surface area contributed by atoms with Crippen molar-refractivity contribution in [3.63, 3.8) is 0 Å². The van der Waals surface area contributed by atoms with Crippen LogP contribution in [0.3, 0.4) is 0 Å². The lowest BCUT2D eigenvalue weighted by molar-refractivity contribution is -0.130. The molecule has 1 aliphatic rings. The van der Waals surface area contributed by atoms with Crippen LogP contribution in [0, 0.1) is 5.82 Å². The molecule has 3 rings (SSSR count). The fraction of sp³-hybridized carbons (Fsp3) is 0.350. The molecule has 138 valence electrons. The van der Waals surface area contributed by atoms with Gasteiger partial charge < -0.3 is 19.9 Å². The van der Waals surface area contributed by atoms with E-state index in [4.69, 9.17) is 4.74 Å². The first-order valence-electron chi connectivity index (χ1n) is 8.78. The number of nitrogens with one attached hydrogen (secondary N) is 1. The zero-order valence-corrected chi connectivity index (χ0v) is 15.0. The maximum Gasteiger partial charge on any atom is 0.236 e. The Kier molecular flexibility index (Phi) is 6.07. The Morgan fingerprint density at radius 2 is 1.77 bits per heavy atom. The Morgan fingerprint density at radius 3 is 2.42 bits per heavy atom. The highest BCUT2D eigenvalue weighted by molar-refractivity contribution is 5.78. The van der Waals surface area contributed by atoms with Crippen LogP contribution in [0.5, 0.6) is 5.75 Å². The highest BCUT2D eigenvalue weighted by atomic mass is 19.1. The van der Waals surface area contributed by atoms with Gasteiger partial charge in [-0.1, -0.05) is 24.3 Å². The van der Waals surface area contributed by atoms with Gasteiger partial charge in [0.05, 0.1) is 19.3 Å². The molecule has 2 aromatic rings. The van der Waals surface area contributed by atoms with E-state index >= 15 is 0 Å². The number of ether oxygens (including phenoxy) is 1. The van der Waals surface area contributed by atoms with E-state index in [1.165, 1.54) is 6.07 Å². The van der Waals surface area contributed by atoms with Crippen LogP contribution in [0.25, 0.3) is 0 Å². The Labute approximate surface area is 153 Å². The summed E-state index contributed by atoms with van der Waals surface area (Å²) in [4.78, 5) is 16.2. The van der Waals surface area contributed by atoms with Crippen LogP contribution in [0.4, 0.5) is 10.1 Å². The number of piperazine rings is 1. The summed E-state index contributed by atoms with van der Waals surface area (Å²) in [5.74, 6) is 0.678. The standard InChI is InChI=1S/C20H24FN3O2/c1-26-17-8-6-16(7-9-17)14-22-15-20(25)24-12-10-23(11-13-24)19-5-3-2-4-18(19)21/h2-9,22H,10-15H2,1H3. The molecule has 6 heteroatoms. The first-order valence-corrected chi connectivity index (χ1v) is 8.78. The number of carbonyl (C=O) groups excluding carboxylic acids is 1. The molecule has 1 saturated heterocycles. The number of rotatable bonds is 6. The zero-order chi connectivity index (χ0) is 18.4. The van der Waals surface area contributed by atoms with Crippen LogP contribution in [0.1, 0.15) is 5.56 Å². The summed E-state index contributed by atoms with van der Waals surface area (Å²) in [5.41, 5.74) is 1.71.